The smallest absolute Gasteiger partial charge is 0.317 e. The van der Waals surface area contributed by atoms with Crippen molar-refractivity contribution in [2.75, 3.05) is 46.0 Å². The van der Waals surface area contributed by atoms with Crippen molar-refractivity contribution in [3.8, 4) is 0 Å². The van der Waals surface area contributed by atoms with Crippen molar-refractivity contribution < 1.29 is 18.0 Å². The molecule has 0 aromatic heterocycles. The van der Waals surface area contributed by atoms with Gasteiger partial charge < -0.3 is 15.1 Å². The number of carbonyl (C=O) groups excluding carboxylic acids is 2. The fourth-order valence-corrected chi connectivity index (χ4v) is 6.29. The lowest BCUT2D eigenvalue weighted by molar-refractivity contribution is -0.133. The topological polar surface area (TPSA) is 90.0 Å². The third-order valence-corrected chi connectivity index (χ3v) is 8.45. The van der Waals surface area contributed by atoms with Crippen molar-refractivity contribution in [1.82, 2.24) is 19.4 Å². The Labute approximate surface area is 178 Å². The van der Waals surface area contributed by atoms with Crippen molar-refractivity contribution in [3.63, 3.8) is 0 Å². The molecule has 4 rings (SSSR count). The molecule has 1 spiro atoms. The summed E-state index contributed by atoms with van der Waals surface area (Å²) in [6.07, 6.45) is 3.35. The van der Waals surface area contributed by atoms with Gasteiger partial charge in [-0.05, 0) is 24.8 Å². The van der Waals surface area contributed by atoms with Crippen LogP contribution in [0.4, 0.5) is 4.79 Å². The average molecular weight is 435 g/mol. The van der Waals surface area contributed by atoms with E-state index in [4.69, 9.17) is 0 Å². The second kappa shape index (κ2) is 7.85. The number of sulfonamides is 1. The van der Waals surface area contributed by atoms with E-state index in [1.807, 2.05) is 47.2 Å². The molecular formula is C21H30N4O4S. The van der Waals surface area contributed by atoms with Crippen LogP contribution in [0.25, 0.3) is 0 Å². The predicted molar refractivity (Wildman–Crippen MR) is 113 cm³/mol. The molecule has 3 saturated heterocycles. The van der Waals surface area contributed by atoms with Crippen LogP contribution in [0.5, 0.6) is 0 Å². The Hall–Kier alpha value is -2.13. The first kappa shape index (κ1) is 21.1. The molecule has 2 atom stereocenters. The van der Waals surface area contributed by atoms with Gasteiger partial charge in [-0.3, -0.25) is 4.79 Å². The summed E-state index contributed by atoms with van der Waals surface area (Å²) in [5.74, 6) is -0.240. The van der Waals surface area contributed by atoms with Gasteiger partial charge in [-0.1, -0.05) is 30.3 Å². The van der Waals surface area contributed by atoms with E-state index in [9.17, 15) is 18.0 Å². The Morgan fingerprint density at radius 3 is 2.47 bits per heavy atom. The molecule has 8 nitrogen and oxygen atoms in total. The first-order chi connectivity index (χ1) is 14.2. The van der Waals surface area contributed by atoms with E-state index in [0.717, 1.165) is 6.42 Å². The minimum absolute atomic E-state index is 0.00647. The summed E-state index contributed by atoms with van der Waals surface area (Å²) < 4.78 is 25.5. The summed E-state index contributed by atoms with van der Waals surface area (Å²) in [7, 11) is -1.48. The molecule has 0 bridgehead atoms. The second-order valence-electron chi connectivity index (χ2n) is 8.75. The third kappa shape index (κ3) is 3.69. The maximum atomic E-state index is 12.8. The molecule has 0 radical (unpaired) electrons. The van der Waals surface area contributed by atoms with Gasteiger partial charge in [0, 0.05) is 45.7 Å². The summed E-state index contributed by atoms with van der Waals surface area (Å²) in [4.78, 5) is 29.1. The lowest BCUT2D eigenvalue weighted by atomic mass is 9.75. The minimum atomic E-state index is -3.31. The van der Waals surface area contributed by atoms with Crippen molar-refractivity contribution >= 4 is 22.0 Å². The molecule has 3 aliphatic heterocycles. The van der Waals surface area contributed by atoms with Crippen LogP contribution in [0.3, 0.4) is 0 Å². The second-order valence-corrected chi connectivity index (χ2v) is 10.7. The average Bonchev–Trinajstić information content (AvgIpc) is 3.26. The Bertz CT molecular complexity index is 912. The molecule has 1 aromatic rings. The lowest BCUT2D eigenvalue weighted by Gasteiger charge is -2.46. The summed E-state index contributed by atoms with van der Waals surface area (Å²) in [6.45, 7) is 2.38. The van der Waals surface area contributed by atoms with Gasteiger partial charge >= 0.3 is 6.03 Å². The van der Waals surface area contributed by atoms with Crippen LogP contribution in [0.2, 0.25) is 0 Å². The van der Waals surface area contributed by atoms with Gasteiger partial charge in [-0.2, -0.15) is 0 Å². The number of urea groups is 1. The summed E-state index contributed by atoms with van der Waals surface area (Å²) in [5.41, 5.74) is 0.825. The van der Waals surface area contributed by atoms with Gasteiger partial charge in [-0.15, -0.1) is 0 Å². The number of hydrogen-bond donors (Lipinski definition) is 1. The fraction of sp³-hybridized carbons (Fsp3) is 0.619. The van der Waals surface area contributed by atoms with Gasteiger partial charge in [0.25, 0.3) is 0 Å². The highest BCUT2D eigenvalue weighted by Gasteiger charge is 2.61. The highest BCUT2D eigenvalue weighted by Crippen LogP contribution is 2.49. The van der Waals surface area contributed by atoms with E-state index in [1.165, 1.54) is 16.1 Å². The van der Waals surface area contributed by atoms with E-state index in [0.29, 0.717) is 39.0 Å². The zero-order chi connectivity index (χ0) is 21.5. The first-order valence-electron chi connectivity index (χ1n) is 10.5. The van der Waals surface area contributed by atoms with Crippen molar-refractivity contribution in [1.29, 1.82) is 0 Å². The number of fused-ring (bicyclic) bond motifs is 2. The molecule has 0 saturated carbocycles. The predicted octanol–water partition coefficient (Wildman–Crippen LogP) is 0.753. The van der Waals surface area contributed by atoms with Crippen LogP contribution in [-0.2, 0) is 21.2 Å². The monoisotopic (exact) mass is 434 g/mol. The number of carbonyl (C=O) groups is 2. The van der Waals surface area contributed by atoms with Gasteiger partial charge in [0.15, 0.2) is 0 Å². The normalized spacial score (nSPS) is 26.3. The molecule has 30 heavy (non-hydrogen) atoms. The highest BCUT2D eigenvalue weighted by atomic mass is 32.2. The van der Waals surface area contributed by atoms with E-state index in [-0.39, 0.29) is 35.9 Å². The van der Waals surface area contributed by atoms with E-state index >= 15 is 0 Å². The van der Waals surface area contributed by atoms with Crippen LogP contribution in [0.15, 0.2) is 30.3 Å². The molecule has 0 unspecified atom stereocenters. The summed E-state index contributed by atoms with van der Waals surface area (Å²) in [5, 5.41) is 2.99. The fourth-order valence-electron chi connectivity index (χ4n) is 5.42. The molecule has 164 valence electrons. The van der Waals surface area contributed by atoms with Crippen LogP contribution < -0.4 is 5.32 Å². The summed E-state index contributed by atoms with van der Waals surface area (Å²) >= 11 is 0. The number of nitrogens with one attached hydrogen (secondary N) is 1. The SMILES string of the molecule is CN1C(=O)[C@@H]2CN(S(C)(=O)=O)C[C@H]2C12CCN(C(=O)NCCc1ccccc1)CC2. The molecule has 3 fully saturated rings. The molecule has 3 aliphatic rings. The number of piperidine rings is 1. The Kier molecular flexibility index (Phi) is 5.52. The first-order valence-corrected chi connectivity index (χ1v) is 12.4. The number of hydrogen-bond acceptors (Lipinski definition) is 4. The van der Waals surface area contributed by atoms with Crippen LogP contribution in [0.1, 0.15) is 18.4 Å². The van der Waals surface area contributed by atoms with E-state index in [2.05, 4.69) is 5.32 Å². The van der Waals surface area contributed by atoms with Crippen molar-refractivity contribution in [2.45, 2.75) is 24.8 Å². The van der Waals surface area contributed by atoms with Crippen molar-refractivity contribution in [2.24, 2.45) is 11.8 Å². The standard InChI is InChI=1S/C21H30N4O4S/c1-23-19(26)17-14-25(30(2,28)29)15-18(17)21(23)9-12-24(13-10-21)20(27)22-11-8-16-6-4-3-5-7-16/h3-7,17-18H,8-15H2,1-2H3,(H,22,27)/t17-,18-/m1/s1. The molecule has 3 heterocycles. The highest BCUT2D eigenvalue weighted by molar-refractivity contribution is 7.88. The van der Waals surface area contributed by atoms with Crippen LogP contribution >= 0.6 is 0 Å². The largest absolute Gasteiger partial charge is 0.339 e. The summed E-state index contributed by atoms with van der Waals surface area (Å²) in [6, 6.07) is 9.96. The van der Waals surface area contributed by atoms with E-state index in [1.54, 1.807) is 0 Å². The maximum absolute atomic E-state index is 12.8. The third-order valence-electron chi connectivity index (χ3n) is 7.21. The van der Waals surface area contributed by atoms with Gasteiger partial charge in [-0.25, -0.2) is 17.5 Å². The number of nitrogens with zero attached hydrogens (tertiary/aromatic N) is 3. The molecular weight excluding hydrogens is 404 g/mol. The molecule has 9 heteroatoms. The molecule has 0 aliphatic carbocycles. The van der Waals surface area contributed by atoms with E-state index < -0.39 is 10.0 Å². The molecule has 1 aromatic carbocycles. The zero-order valence-corrected chi connectivity index (χ0v) is 18.4. The number of likely N-dealkylation sites (tertiary alicyclic amines) is 2. The quantitative estimate of drug-likeness (QED) is 0.757. The van der Waals surface area contributed by atoms with Crippen LogP contribution in [-0.4, -0.2) is 86.0 Å². The Morgan fingerprint density at radius 1 is 1.17 bits per heavy atom. The van der Waals surface area contributed by atoms with Crippen molar-refractivity contribution in [3.05, 3.63) is 35.9 Å². The van der Waals surface area contributed by atoms with Gasteiger partial charge in [0.2, 0.25) is 15.9 Å². The number of amides is 3. The Morgan fingerprint density at radius 2 is 1.83 bits per heavy atom. The molecule has 1 N–H and O–H groups in total. The lowest BCUT2D eigenvalue weighted by Crippen LogP contribution is -2.58. The number of rotatable bonds is 4. The Balaban J connectivity index is 1.36. The van der Waals surface area contributed by atoms with Crippen LogP contribution in [0, 0.1) is 11.8 Å². The van der Waals surface area contributed by atoms with Gasteiger partial charge in [0.1, 0.15) is 0 Å². The minimum Gasteiger partial charge on any atom is -0.339 e. The zero-order valence-electron chi connectivity index (χ0n) is 17.6. The molecule has 3 amide bonds. The van der Waals surface area contributed by atoms with Gasteiger partial charge in [0.05, 0.1) is 17.7 Å². The maximum Gasteiger partial charge on any atom is 0.317 e. The number of benzene rings is 1.